The molecule has 0 fully saturated rings. The zero-order valence-corrected chi connectivity index (χ0v) is 8.73. The topological polar surface area (TPSA) is 23.8 Å². The van der Waals surface area contributed by atoms with Crippen LogP contribution in [0, 0.1) is 18.3 Å². The van der Waals surface area contributed by atoms with Crippen LogP contribution in [0.5, 0.6) is 0 Å². The maximum atomic E-state index is 8.54. The van der Waals surface area contributed by atoms with Gasteiger partial charge in [0, 0.05) is 11.4 Å². The first kappa shape index (κ1) is 10.4. The first-order valence-electron chi connectivity index (χ1n) is 3.93. The minimum Gasteiger partial charge on any atom is -0.197 e. The van der Waals surface area contributed by atoms with Gasteiger partial charge >= 0.3 is 0 Å². The molecule has 0 heterocycles. The molecule has 1 atom stereocenters. The molecule has 0 amide bonds. The van der Waals surface area contributed by atoms with Crippen LogP contribution in [0.1, 0.15) is 11.1 Å². The predicted molar refractivity (Wildman–Crippen MR) is 55.1 cm³/mol. The van der Waals surface area contributed by atoms with E-state index < -0.39 is 5.38 Å². The summed E-state index contributed by atoms with van der Waals surface area (Å²) in [6.07, 6.45) is 0.546. The number of hydrogen-bond donors (Lipinski definition) is 0. The number of alkyl halides is 1. The number of benzene rings is 1. The molecule has 3 heteroatoms. The van der Waals surface area contributed by atoms with Gasteiger partial charge in [0.05, 0.1) is 6.07 Å². The SMILES string of the molecule is Cc1c(Cl)cccc1C[C@H](Cl)C#N. The molecule has 0 saturated heterocycles. The summed E-state index contributed by atoms with van der Waals surface area (Å²) in [6, 6.07) is 7.62. The maximum Gasteiger partial charge on any atom is 0.124 e. The lowest BCUT2D eigenvalue weighted by Crippen LogP contribution is -2.01. The van der Waals surface area contributed by atoms with Gasteiger partial charge in [-0.25, -0.2) is 0 Å². The summed E-state index contributed by atoms with van der Waals surface area (Å²) in [4.78, 5) is 0. The van der Waals surface area contributed by atoms with E-state index in [4.69, 9.17) is 28.5 Å². The van der Waals surface area contributed by atoms with Crippen molar-refractivity contribution in [1.82, 2.24) is 0 Å². The van der Waals surface area contributed by atoms with Crippen molar-refractivity contribution in [3.8, 4) is 6.07 Å². The summed E-state index contributed by atoms with van der Waals surface area (Å²) in [5, 5.41) is 8.79. The highest BCUT2D eigenvalue weighted by atomic mass is 35.5. The lowest BCUT2D eigenvalue weighted by molar-refractivity contribution is 1.00. The van der Waals surface area contributed by atoms with Crippen LogP contribution in [0.4, 0.5) is 0 Å². The Hall–Kier alpha value is -0.710. The average molecular weight is 214 g/mol. The van der Waals surface area contributed by atoms with Crippen LogP contribution in [0.15, 0.2) is 18.2 Å². The summed E-state index contributed by atoms with van der Waals surface area (Å²) < 4.78 is 0. The standard InChI is InChI=1S/C10H9Cl2N/c1-7-8(5-9(11)6-13)3-2-4-10(7)12/h2-4,9H,5H2,1H3/t9-/m0/s1. The van der Waals surface area contributed by atoms with Gasteiger partial charge in [0.15, 0.2) is 0 Å². The number of halogens is 2. The second kappa shape index (κ2) is 4.50. The molecule has 0 aliphatic heterocycles. The van der Waals surface area contributed by atoms with Crippen molar-refractivity contribution in [1.29, 1.82) is 5.26 Å². The third-order valence-electron chi connectivity index (χ3n) is 1.92. The first-order valence-corrected chi connectivity index (χ1v) is 4.74. The third-order valence-corrected chi connectivity index (χ3v) is 2.58. The van der Waals surface area contributed by atoms with E-state index >= 15 is 0 Å². The normalized spacial score (nSPS) is 12.2. The molecule has 1 aromatic carbocycles. The minimum absolute atomic E-state index is 0.475. The van der Waals surface area contributed by atoms with Crippen molar-refractivity contribution in [3.63, 3.8) is 0 Å². The summed E-state index contributed by atoms with van der Waals surface area (Å²) in [6.45, 7) is 1.93. The van der Waals surface area contributed by atoms with E-state index in [0.717, 1.165) is 16.1 Å². The van der Waals surface area contributed by atoms with Crippen LogP contribution in [-0.4, -0.2) is 5.38 Å². The molecule has 0 bridgehead atoms. The zero-order chi connectivity index (χ0) is 9.84. The van der Waals surface area contributed by atoms with Crippen molar-refractivity contribution in [2.75, 3.05) is 0 Å². The molecule has 0 unspecified atom stereocenters. The Balaban J connectivity index is 2.90. The molecule has 0 aliphatic rings. The van der Waals surface area contributed by atoms with E-state index in [1.54, 1.807) is 0 Å². The van der Waals surface area contributed by atoms with Gasteiger partial charge in [0.2, 0.25) is 0 Å². The third kappa shape index (κ3) is 2.62. The minimum atomic E-state index is -0.475. The van der Waals surface area contributed by atoms with Crippen LogP contribution in [-0.2, 0) is 6.42 Å². The highest BCUT2D eigenvalue weighted by molar-refractivity contribution is 6.31. The van der Waals surface area contributed by atoms with E-state index in [0.29, 0.717) is 6.42 Å². The Kier molecular flexibility index (Phi) is 3.59. The van der Waals surface area contributed by atoms with Crippen LogP contribution in [0.25, 0.3) is 0 Å². The Morgan fingerprint density at radius 2 is 2.23 bits per heavy atom. The van der Waals surface area contributed by atoms with E-state index in [2.05, 4.69) is 0 Å². The molecule has 1 nitrogen and oxygen atoms in total. The molecule has 0 aromatic heterocycles. The van der Waals surface area contributed by atoms with Crippen LogP contribution < -0.4 is 0 Å². The fourth-order valence-corrected chi connectivity index (χ4v) is 1.47. The van der Waals surface area contributed by atoms with Gasteiger partial charge in [-0.15, -0.1) is 11.6 Å². The average Bonchev–Trinajstić information content (AvgIpc) is 2.13. The van der Waals surface area contributed by atoms with Crippen molar-refractivity contribution in [2.24, 2.45) is 0 Å². The lowest BCUT2D eigenvalue weighted by Gasteiger charge is -2.06. The monoisotopic (exact) mass is 213 g/mol. The molecule has 1 aromatic rings. The van der Waals surface area contributed by atoms with Gasteiger partial charge in [-0.1, -0.05) is 23.7 Å². The Labute approximate surface area is 87.9 Å². The van der Waals surface area contributed by atoms with E-state index in [-0.39, 0.29) is 0 Å². The molecule has 0 N–H and O–H groups in total. The van der Waals surface area contributed by atoms with E-state index in [1.807, 2.05) is 31.2 Å². The second-order valence-corrected chi connectivity index (χ2v) is 3.76. The summed E-state index contributed by atoms with van der Waals surface area (Å²) in [5.74, 6) is 0. The van der Waals surface area contributed by atoms with Gasteiger partial charge in [0.25, 0.3) is 0 Å². The van der Waals surface area contributed by atoms with Crippen LogP contribution in [0.3, 0.4) is 0 Å². The van der Waals surface area contributed by atoms with Crippen molar-refractivity contribution < 1.29 is 0 Å². The molecule has 13 heavy (non-hydrogen) atoms. The maximum absolute atomic E-state index is 8.54. The largest absolute Gasteiger partial charge is 0.197 e. The van der Waals surface area contributed by atoms with Crippen LogP contribution in [0.2, 0.25) is 5.02 Å². The molecule has 0 saturated carbocycles. The predicted octanol–water partition coefficient (Wildman–Crippen LogP) is 3.32. The van der Waals surface area contributed by atoms with Gasteiger partial charge < -0.3 is 0 Å². The molecule has 68 valence electrons. The number of rotatable bonds is 2. The summed E-state index contributed by atoms with van der Waals surface area (Å²) >= 11 is 11.6. The molecular weight excluding hydrogens is 205 g/mol. The van der Waals surface area contributed by atoms with Gasteiger partial charge in [-0.05, 0) is 24.1 Å². The van der Waals surface area contributed by atoms with Crippen LogP contribution >= 0.6 is 23.2 Å². The quantitative estimate of drug-likeness (QED) is 0.692. The van der Waals surface area contributed by atoms with Gasteiger partial charge in [0.1, 0.15) is 5.38 Å². The Morgan fingerprint density at radius 3 is 2.85 bits per heavy atom. The fourth-order valence-electron chi connectivity index (χ4n) is 1.11. The summed E-state index contributed by atoms with van der Waals surface area (Å²) in [7, 11) is 0. The van der Waals surface area contributed by atoms with Crippen molar-refractivity contribution >= 4 is 23.2 Å². The highest BCUT2D eigenvalue weighted by Gasteiger charge is 2.07. The number of hydrogen-bond acceptors (Lipinski definition) is 1. The smallest absolute Gasteiger partial charge is 0.124 e. The lowest BCUT2D eigenvalue weighted by atomic mass is 10.0. The molecule has 0 spiro atoms. The summed E-state index contributed by atoms with van der Waals surface area (Å²) in [5.41, 5.74) is 2.04. The Morgan fingerprint density at radius 1 is 1.54 bits per heavy atom. The molecule has 0 aliphatic carbocycles. The van der Waals surface area contributed by atoms with E-state index in [9.17, 15) is 0 Å². The Bertz CT molecular complexity index is 341. The number of nitriles is 1. The molecule has 0 radical (unpaired) electrons. The second-order valence-electron chi connectivity index (χ2n) is 2.82. The van der Waals surface area contributed by atoms with Gasteiger partial charge in [-0.2, -0.15) is 5.26 Å². The van der Waals surface area contributed by atoms with Crippen molar-refractivity contribution in [2.45, 2.75) is 18.7 Å². The number of nitrogens with zero attached hydrogens (tertiary/aromatic N) is 1. The molecular formula is C10H9Cl2N. The zero-order valence-electron chi connectivity index (χ0n) is 7.22. The van der Waals surface area contributed by atoms with Crippen molar-refractivity contribution in [3.05, 3.63) is 34.3 Å². The fraction of sp³-hybridized carbons (Fsp3) is 0.300. The van der Waals surface area contributed by atoms with Gasteiger partial charge in [-0.3, -0.25) is 0 Å². The highest BCUT2D eigenvalue weighted by Crippen LogP contribution is 2.20. The first-order chi connectivity index (χ1) is 6.15. The van der Waals surface area contributed by atoms with E-state index in [1.165, 1.54) is 0 Å². The molecule has 1 rings (SSSR count).